The van der Waals surface area contributed by atoms with Crippen LogP contribution in [0.25, 0.3) is 0 Å². The van der Waals surface area contributed by atoms with Crippen LogP contribution in [0.2, 0.25) is 0 Å². The number of benzene rings is 1. The Balaban J connectivity index is 3.20. The maximum atomic E-state index is 5.74. The molecule has 2 heteroatoms. The molecule has 0 heterocycles. The minimum absolute atomic E-state index is 0.0287. The lowest BCUT2D eigenvalue weighted by atomic mass is 9.84. The van der Waals surface area contributed by atoms with Gasteiger partial charge in [0.25, 0.3) is 0 Å². The lowest BCUT2D eigenvalue weighted by Crippen LogP contribution is -2.28. The third kappa shape index (κ3) is 2.07. The number of nitrogens with two attached hydrogens (primary N) is 1. The number of methoxy groups -OCH3 is 1. The minimum atomic E-state index is -0.0287. The first-order chi connectivity index (χ1) is 6.51. The van der Waals surface area contributed by atoms with Crippen molar-refractivity contribution in [2.75, 3.05) is 13.7 Å². The van der Waals surface area contributed by atoms with Gasteiger partial charge in [-0.05, 0) is 18.6 Å². The zero-order chi connectivity index (χ0) is 10.8. The van der Waals surface area contributed by atoms with Crippen molar-refractivity contribution < 1.29 is 4.74 Å². The second-order valence-corrected chi connectivity index (χ2v) is 4.29. The minimum Gasteiger partial charge on any atom is -0.496 e. The number of rotatable bonds is 3. The van der Waals surface area contributed by atoms with Gasteiger partial charge in [0.15, 0.2) is 0 Å². The van der Waals surface area contributed by atoms with Gasteiger partial charge in [-0.2, -0.15) is 0 Å². The molecule has 1 aromatic carbocycles. The number of aryl methyl sites for hydroxylation is 1. The fourth-order valence-electron chi connectivity index (χ4n) is 1.47. The topological polar surface area (TPSA) is 35.2 Å². The third-order valence-corrected chi connectivity index (χ3v) is 2.60. The SMILES string of the molecule is COc1cc(C)ccc1C(C)(C)CN. The van der Waals surface area contributed by atoms with Crippen LogP contribution in [0.4, 0.5) is 0 Å². The fourth-order valence-corrected chi connectivity index (χ4v) is 1.47. The molecule has 0 fully saturated rings. The summed E-state index contributed by atoms with van der Waals surface area (Å²) in [4.78, 5) is 0. The first-order valence-corrected chi connectivity index (χ1v) is 4.86. The molecule has 0 bridgehead atoms. The van der Waals surface area contributed by atoms with Crippen molar-refractivity contribution in [2.24, 2.45) is 5.73 Å². The predicted molar refractivity (Wildman–Crippen MR) is 59.8 cm³/mol. The Morgan fingerprint density at radius 3 is 2.50 bits per heavy atom. The first kappa shape index (κ1) is 11.1. The molecule has 0 unspecified atom stereocenters. The van der Waals surface area contributed by atoms with Crippen molar-refractivity contribution in [3.05, 3.63) is 29.3 Å². The summed E-state index contributed by atoms with van der Waals surface area (Å²) < 4.78 is 5.36. The lowest BCUT2D eigenvalue weighted by Gasteiger charge is -2.25. The summed E-state index contributed by atoms with van der Waals surface area (Å²) in [5.41, 5.74) is 8.10. The summed E-state index contributed by atoms with van der Waals surface area (Å²) in [6.07, 6.45) is 0. The fraction of sp³-hybridized carbons (Fsp3) is 0.500. The molecule has 0 saturated carbocycles. The van der Waals surface area contributed by atoms with Gasteiger partial charge in [-0.25, -0.2) is 0 Å². The highest BCUT2D eigenvalue weighted by molar-refractivity contribution is 5.41. The molecule has 14 heavy (non-hydrogen) atoms. The zero-order valence-corrected chi connectivity index (χ0v) is 9.42. The molecule has 0 amide bonds. The molecule has 1 rings (SSSR count). The van der Waals surface area contributed by atoms with Crippen LogP contribution in [0.1, 0.15) is 25.0 Å². The second kappa shape index (κ2) is 4.01. The van der Waals surface area contributed by atoms with Crippen LogP contribution < -0.4 is 10.5 Å². The highest BCUT2D eigenvalue weighted by Crippen LogP contribution is 2.31. The van der Waals surface area contributed by atoms with Crippen molar-refractivity contribution in [1.29, 1.82) is 0 Å². The van der Waals surface area contributed by atoms with Crippen LogP contribution in [0.5, 0.6) is 5.75 Å². The van der Waals surface area contributed by atoms with Gasteiger partial charge < -0.3 is 10.5 Å². The summed E-state index contributed by atoms with van der Waals surface area (Å²) in [5, 5.41) is 0. The van der Waals surface area contributed by atoms with E-state index in [1.54, 1.807) is 7.11 Å². The molecule has 2 N–H and O–H groups in total. The molecule has 0 aliphatic rings. The number of hydrogen-bond donors (Lipinski definition) is 1. The largest absolute Gasteiger partial charge is 0.496 e. The Labute approximate surface area is 86.1 Å². The maximum absolute atomic E-state index is 5.74. The highest BCUT2D eigenvalue weighted by atomic mass is 16.5. The summed E-state index contributed by atoms with van der Waals surface area (Å²) in [6.45, 7) is 6.93. The summed E-state index contributed by atoms with van der Waals surface area (Å²) >= 11 is 0. The predicted octanol–water partition coefficient (Wildman–Crippen LogP) is 2.24. The van der Waals surface area contributed by atoms with E-state index in [1.165, 1.54) is 11.1 Å². The summed E-state index contributed by atoms with van der Waals surface area (Å²) in [5.74, 6) is 0.931. The van der Waals surface area contributed by atoms with E-state index in [4.69, 9.17) is 10.5 Å². The average Bonchev–Trinajstić information content (AvgIpc) is 2.17. The molecular formula is C12H19NO. The molecule has 0 aromatic heterocycles. The number of hydrogen-bond acceptors (Lipinski definition) is 2. The molecule has 0 atom stereocenters. The maximum Gasteiger partial charge on any atom is 0.122 e. The van der Waals surface area contributed by atoms with Crippen molar-refractivity contribution in [3.8, 4) is 5.75 Å². The smallest absolute Gasteiger partial charge is 0.122 e. The van der Waals surface area contributed by atoms with Crippen molar-refractivity contribution in [2.45, 2.75) is 26.2 Å². The van der Waals surface area contributed by atoms with Gasteiger partial charge in [0.05, 0.1) is 7.11 Å². The zero-order valence-electron chi connectivity index (χ0n) is 9.42. The summed E-state index contributed by atoms with van der Waals surface area (Å²) in [6, 6.07) is 6.24. The van der Waals surface area contributed by atoms with Crippen LogP contribution >= 0.6 is 0 Å². The Hall–Kier alpha value is -1.02. The van der Waals surface area contributed by atoms with E-state index in [0.717, 1.165) is 5.75 Å². The lowest BCUT2D eigenvalue weighted by molar-refractivity contribution is 0.393. The van der Waals surface area contributed by atoms with Crippen LogP contribution in [0.3, 0.4) is 0 Å². The van der Waals surface area contributed by atoms with E-state index in [2.05, 4.69) is 32.9 Å². The summed E-state index contributed by atoms with van der Waals surface area (Å²) in [7, 11) is 1.70. The van der Waals surface area contributed by atoms with Crippen LogP contribution in [0, 0.1) is 6.92 Å². The van der Waals surface area contributed by atoms with Gasteiger partial charge in [0, 0.05) is 17.5 Å². The Morgan fingerprint density at radius 1 is 1.36 bits per heavy atom. The van der Waals surface area contributed by atoms with Crippen LogP contribution in [-0.4, -0.2) is 13.7 Å². The van der Waals surface area contributed by atoms with Gasteiger partial charge >= 0.3 is 0 Å². The van der Waals surface area contributed by atoms with E-state index in [-0.39, 0.29) is 5.41 Å². The Bertz CT molecular complexity index is 318. The number of ether oxygens (including phenoxy) is 1. The van der Waals surface area contributed by atoms with Gasteiger partial charge in [0.2, 0.25) is 0 Å². The van der Waals surface area contributed by atoms with Crippen LogP contribution in [-0.2, 0) is 5.41 Å². The molecule has 2 nitrogen and oxygen atoms in total. The normalized spacial score (nSPS) is 11.5. The highest BCUT2D eigenvalue weighted by Gasteiger charge is 2.22. The van der Waals surface area contributed by atoms with Crippen molar-refractivity contribution >= 4 is 0 Å². The van der Waals surface area contributed by atoms with E-state index >= 15 is 0 Å². The van der Waals surface area contributed by atoms with Gasteiger partial charge in [-0.15, -0.1) is 0 Å². The second-order valence-electron chi connectivity index (χ2n) is 4.29. The third-order valence-electron chi connectivity index (χ3n) is 2.60. The van der Waals surface area contributed by atoms with E-state index in [1.807, 2.05) is 6.07 Å². The van der Waals surface area contributed by atoms with Crippen LogP contribution in [0.15, 0.2) is 18.2 Å². The van der Waals surface area contributed by atoms with Gasteiger partial charge in [0.1, 0.15) is 5.75 Å². The van der Waals surface area contributed by atoms with E-state index in [9.17, 15) is 0 Å². The van der Waals surface area contributed by atoms with Crippen molar-refractivity contribution in [3.63, 3.8) is 0 Å². The molecule has 0 radical (unpaired) electrons. The Morgan fingerprint density at radius 2 is 2.00 bits per heavy atom. The molecule has 0 aliphatic carbocycles. The average molecular weight is 193 g/mol. The quantitative estimate of drug-likeness (QED) is 0.799. The molecule has 0 spiro atoms. The first-order valence-electron chi connectivity index (χ1n) is 4.86. The van der Waals surface area contributed by atoms with Gasteiger partial charge in [-0.1, -0.05) is 26.0 Å². The van der Waals surface area contributed by atoms with Crippen molar-refractivity contribution in [1.82, 2.24) is 0 Å². The Kier molecular flexibility index (Phi) is 3.17. The van der Waals surface area contributed by atoms with Gasteiger partial charge in [-0.3, -0.25) is 0 Å². The van der Waals surface area contributed by atoms with E-state index < -0.39 is 0 Å². The standard InChI is InChI=1S/C12H19NO/c1-9-5-6-10(11(7-9)14-4)12(2,3)8-13/h5-7H,8,13H2,1-4H3. The molecule has 0 aliphatic heterocycles. The molecular weight excluding hydrogens is 174 g/mol. The molecule has 1 aromatic rings. The monoisotopic (exact) mass is 193 g/mol. The molecule has 78 valence electrons. The van der Waals surface area contributed by atoms with E-state index in [0.29, 0.717) is 6.54 Å². The molecule has 0 saturated heterocycles.